The smallest absolute Gasteiger partial charge is 0.317 e. The minimum Gasteiger partial charge on any atom is -0.481 e. The van der Waals surface area contributed by atoms with E-state index in [9.17, 15) is 23.5 Å². The first kappa shape index (κ1) is 17.6. The van der Waals surface area contributed by atoms with Gasteiger partial charge in [0.1, 0.15) is 6.61 Å². The Hall–Kier alpha value is -1.44. The van der Waals surface area contributed by atoms with Crippen LogP contribution in [0, 0.1) is 5.41 Å². The van der Waals surface area contributed by atoms with Gasteiger partial charge in [-0.05, 0) is 19.3 Å². The quantitative estimate of drug-likeness (QED) is 0.700. The first-order valence-electron chi connectivity index (χ1n) is 7.03. The third kappa shape index (κ3) is 5.11. The van der Waals surface area contributed by atoms with Gasteiger partial charge in [-0.2, -0.15) is 0 Å². The first-order valence-corrected chi connectivity index (χ1v) is 7.03. The molecule has 2 N–H and O–H groups in total. The zero-order chi connectivity index (χ0) is 15.9. The lowest BCUT2D eigenvalue weighted by Gasteiger charge is -2.39. The zero-order valence-electron chi connectivity index (χ0n) is 12.1. The molecule has 0 aromatic heterocycles. The minimum atomic E-state index is -2.52. The van der Waals surface area contributed by atoms with Gasteiger partial charge < -0.3 is 20.1 Å². The number of nitrogens with one attached hydrogen (secondary N) is 1. The summed E-state index contributed by atoms with van der Waals surface area (Å²) in [6.07, 6.45) is -0.873. The van der Waals surface area contributed by atoms with Gasteiger partial charge in [0.2, 0.25) is 0 Å². The highest BCUT2D eigenvalue weighted by Crippen LogP contribution is 2.33. The summed E-state index contributed by atoms with van der Waals surface area (Å²) in [5.74, 6) is -0.886. The van der Waals surface area contributed by atoms with Crippen LogP contribution in [0.4, 0.5) is 13.6 Å². The highest BCUT2D eigenvalue weighted by molar-refractivity contribution is 5.78. The van der Waals surface area contributed by atoms with E-state index in [1.165, 1.54) is 4.90 Å². The van der Waals surface area contributed by atoms with E-state index in [0.29, 0.717) is 25.8 Å². The van der Waals surface area contributed by atoms with Gasteiger partial charge in [-0.25, -0.2) is 13.6 Å². The van der Waals surface area contributed by atoms with Gasteiger partial charge in [-0.1, -0.05) is 6.92 Å². The largest absolute Gasteiger partial charge is 0.481 e. The highest BCUT2D eigenvalue weighted by Gasteiger charge is 2.42. The van der Waals surface area contributed by atoms with Crippen molar-refractivity contribution >= 4 is 12.0 Å². The minimum absolute atomic E-state index is 0.00176. The van der Waals surface area contributed by atoms with Gasteiger partial charge in [0.25, 0.3) is 6.43 Å². The summed E-state index contributed by atoms with van der Waals surface area (Å²) >= 11 is 0. The molecule has 1 aliphatic rings. The maximum Gasteiger partial charge on any atom is 0.317 e. The van der Waals surface area contributed by atoms with E-state index >= 15 is 0 Å². The van der Waals surface area contributed by atoms with E-state index in [0.717, 1.165) is 0 Å². The molecule has 1 atom stereocenters. The van der Waals surface area contributed by atoms with E-state index in [2.05, 4.69) is 10.1 Å². The maximum atomic E-state index is 11.9. The van der Waals surface area contributed by atoms with Crippen molar-refractivity contribution in [3.63, 3.8) is 0 Å². The molecular formula is C13H22F2N2O4. The summed E-state index contributed by atoms with van der Waals surface area (Å²) in [4.78, 5) is 24.8. The van der Waals surface area contributed by atoms with Crippen molar-refractivity contribution in [1.29, 1.82) is 0 Å². The predicted octanol–water partition coefficient (Wildman–Crippen LogP) is 1.55. The molecule has 0 radical (unpaired) electrons. The number of rotatable bonds is 7. The number of piperidine rings is 1. The number of carboxylic acid groups (broad SMARTS) is 1. The van der Waals surface area contributed by atoms with Crippen molar-refractivity contribution in [2.24, 2.45) is 5.41 Å². The molecule has 0 aromatic carbocycles. The molecule has 0 aliphatic carbocycles. The summed E-state index contributed by atoms with van der Waals surface area (Å²) in [5, 5.41) is 11.9. The van der Waals surface area contributed by atoms with Gasteiger partial charge in [-0.15, -0.1) is 0 Å². The fourth-order valence-electron chi connectivity index (χ4n) is 2.43. The third-order valence-corrected chi connectivity index (χ3v) is 3.76. The summed E-state index contributed by atoms with van der Waals surface area (Å²) in [6, 6.07) is -0.380. The summed E-state index contributed by atoms with van der Waals surface area (Å²) in [5.41, 5.74) is -0.887. The number of carbonyl (C=O) groups excluding carboxylic acids is 1. The number of aliphatic carboxylic acids is 1. The Morgan fingerprint density at radius 2 is 2.19 bits per heavy atom. The normalized spacial score (nSPS) is 22.4. The standard InChI is InChI=1S/C13H22F2N2O4/c1-2-13(11(18)19)4-3-6-17(9-13)12(20)16-5-7-21-8-10(14)15/h10H,2-9H2,1H3,(H,16,20)(H,18,19). The van der Waals surface area contributed by atoms with Crippen LogP contribution in [0.2, 0.25) is 0 Å². The summed E-state index contributed by atoms with van der Waals surface area (Å²) in [7, 11) is 0. The number of hydrogen-bond acceptors (Lipinski definition) is 3. The number of ether oxygens (including phenoxy) is 1. The van der Waals surface area contributed by atoms with Crippen LogP contribution < -0.4 is 5.32 Å². The van der Waals surface area contributed by atoms with E-state index in [1.807, 2.05) is 0 Å². The van der Waals surface area contributed by atoms with Gasteiger partial charge in [0, 0.05) is 19.6 Å². The SMILES string of the molecule is CCC1(C(=O)O)CCCN(C(=O)NCCOCC(F)F)C1. The summed E-state index contributed by atoms with van der Waals surface area (Å²) < 4.78 is 28.3. The van der Waals surface area contributed by atoms with Crippen LogP contribution in [0.3, 0.4) is 0 Å². The van der Waals surface area contributed by atoms with Crippen LogP contribution in [-0.2, 0) is 9.53 Å². The Bertz CT molecular complexity index is 368. The molecule has 1 heterocycles. The van der Waals surface area contributed by atoms with Crippen LogP contribution in [0.5, 0.6) is 0 Å². The van der Waals surface area contributed by atoms with E-state index in [4.69, 9.17) is 0 Å². The highest BCUT2D eigenvalue weighted by atomic mass is 19.3. The monoisotopic (exact) mass is 308 g/mol. The van der Waals surface area contributed by atoms with E-state index in [-0.39, 0.29) is 25.7 Å². The van der Waals surface area contributed by atoms with Gasteiger partial charge in [-0.3, -0.25) is 4.79 Å². The predicted molar refractivity (Wildman–Crippen MR) is 71.4 cm³/mol. The number of urea groups is 1. The van der Waals surface area contributed by atoms with E-state index < -0.39 is 24.4 Å². The second kappa shape index (κ2) is 8.11. The number of alkyl halides is 2. The average Bonchev–Trinajstić information content (AvgIpc) is 2.46. The van der Waals surface area contributed by atoms with Crippen LogP contribution in [0.1, 0.15) is 26.2 Å². The van der Waals surface area contributed by atoms with Crippen LogP contribution >= 0.6 is 0 Å². The molecule has 1 rings (SSSR count). The van der Waals surface area contributed by atoms with Crippen molar-refractivity contribution in [3.8, 4) is 0 Å². The molecule has 0 saturated carbocycles. The van der Waals surface area contributed by atoms with Crippen molar-refractivity contribution in [2.75, 3.05) is 32.8 Å². The third-order valence-electron chi connectivity index (χ3n) is 3.76. The molecule has 1 unspecified atom stereocenters. The van der Waals surface area contributed by atoms with Gasteiger partial charge in [0.15, 0.2) is 0 Å². The molecule has 1 saturated heterocycles. The Balaban J connectivity index is 2.38. The molecular weight excluding hydrogens is 286 g/mol. The molecule has 8 heteroatoms. The van der Waals surface area contributed by atoms with Crippen molar-refractivity contribution in [1.82, 2.24) is 10.2 Å². The molecule has 2 amide bonds. The number of carboxylic acids is 1. The number of hydrogen-bond donors (Lipinski definition) is 2. The lowest BCUT2D eigenvalue weighted by atomic mass is 9.78. The number of nitrogens with zero attached hydrogens (tertiary/aromatic N) is 1. The molecule has 0 bridgehead atoms. The zero-order valence-corrected chi connectivity index (χ0v) is 12.1. The van der Waals surface area contributed by atoms with Crippen LogP contribution in [0.15, 0.2) is 0 Å². The summed E-state index contributed by atoms with van der Waals surface area (Å²) in [6.45, 7) is 1.93. The van der Waals surface area contributed by atoms with E-state index in [1.54, 1.807) is 6.92 Å². The lowest BCUT2D eigenvalue weighted by molar-refractivity contribution is -0.152. The fraction of sp³-hybridized carbons (Fsp3) is 0.846. The van der Waals surface area contributed by atoms with Crippen molar-refractivity contribution in [3.05, 3.63) is 0 Å². The molecule has 122 valence electrons. The molecule has 0 spiro atoms. The number of likely N-dealkylation sites (tertiary alicyclic amines) is 1. The second-order valence-electron chi connectivity index (χ2n) is 5.16. The van der Waals surface area contributed by atoms with Crippen molar-refractivity contribution < 1.29 is 28.2 Å². The average molecular weight is 308 g/mol. The number of carbonyl (C=O) groups is 2. The Kier molecular flexibility index (Phi) is 6.80. The molecule has 6 nitrogen and oxygen atoms in total. The topological polar surface area (TPSA) is 78.9 Å². The fourth-order valence-corrected chi connectivity index (χ4v) is 2.43. The molecule has 1 aliphatic heterocycles. The maximum absolute atomic E-state index is 11.9. The molecule has 1 fully saturated rings. The lowest BCUT2D eigenvalue weighted by Crippen LogP contribution is -2.52. The Labute approximate surface area is 122 Å². The van der Waals surface area contributed by atoms with Gasteiger partial charge in [0.05, 0.1) is 12.0 Å². The number of amides is 2. The van der Waals surface area contributed by atoms with Crippen LogP contribution in [-0.4, -0.2) is 61.3 Å². The van der Waals surface area contributed by atoms with Gasteiger partial charge >= 0.3 is 12.0 Å². The Morgan fingerprint density at radius 3 is 2.76 bits per heavy atom. The first-order chi connectivity index (χ1) is 9.91. The Morgan fingerprint density at radius 1 is 1.48 bits per heavy atom. The number of halogens is 2. The van der Waals surface area contributed by atoms with Crippen molar-refractivity contribution in [2.45, 2.75) is 32.6 Å². The molecule has 21 heavy (non-hydrogen) atoms. The van der Waals surface area contributed by atoms with Crippen LogP contribution in [0.25, 0.3) is 0 Å². The molecule has 0 aromatic rings. The second-order valence-corrected chi connectivity index (χ2v) is 5.16.